The zero-order valence-corrected chi connectivity index (χ0v) is 18.5. The highest BCUT2D eigenvalue weighted by Crippen LogP contribution is 2.29. The third kappa shape index (κ3) is 5.13. The van der Waals surface area contributed by atoms with Crippen LogP contribution in [0.1, 0.15) is 5.56 Å². The Kier molecular flexibility index (Phi) is 6.20. The van der Waals surface area contributed by atoms with Crippen LogP contribution in [0.5, 0.6) is 5.75 Å². The van der Waals surface area contributed by atoms with Crippen molar-refractivity contribution in [1.82, 2.24) is 14.7 Å². The van der Waals surface area contributed by atoms with Crippen LogP contribution >= 0.6 is 0 Å². The van der Waals surface area contributed by atoms with Crippen LogP contribution in [0.2, 0.25) is 0 Å². The maximum Gasteiger partial charge on any atom is 0.229 e. The molecule has 0 aliphatic carbocycles. The van der Waals surface area contributed by atoms with E-state index >= 15 is 0 Å². The number of ether oxygens (including phenoxy) is 1. The molecule has 0 atom stereocenters. The number of para-hydroxylation sites is 1. The molecule has 0 aliphatic rings. The van der Waals surface area contributed by atoms with Crippen molar-refractivity contribution in [3.63, 3.8) is 0 Å². The minimum atomic E-state index is -3.33. The van der Waals surface area contributed by atoms with Gasteiger partial charge in [0.15, 0.2) is 0 Å². The number of hydrogen-bond acceptors (Lipinski definition) is 7. The number of methoxy groups -OCH3 is 1. The molecular formula is C23H23N5O3S. The van der Waals surface area contributed by atoms with Gasteiger partial charge in [-0.05, 0) is 49.0 Å². The van der Waals surface area contributed by atoms with Crippen LogP contribution < -0.4 is 20.1 Å². The molecule has 3 N–H and O–H groups in total. The van der Waals surface area contributed by atoms with Gasteiger partial charge in [0.2, 0.25) is 16.0 Å². The van der Waals surface area contributed by atoms with Crippen LogP contribution in [-0.2, 0) is 15.8 Å². The second-order valence-corrected chi connectivity index (χ2v) is 8.98. The lowest BCUT2D eigenvalue weighted by molar-refractivity contribution is 0.415. The van der Waals surface area contributed by atoms with Gasteiger partial charge >= 0.3 is 0 Å². The van der Waals surface area contributed by atoms with E-state index in [2.05, 4.69) is 25.3 Å². The molecule has 0 saturated carbocycles. The predicted octanol–water partition coefficient (Wildman–Crippen LogP) is 4.17. The monoisotopic (exact) mass is 449 g/mol. The highest BCUT2D eigenvalue weighted by molar-refractivity contribution is 7.88. The van der Waals surface area contributed by atoms with E-state index in [0.717, 1.165) is 22.3 Å². The average molecular weight is 450 g/mol. The molecule has 0 aliphatic heterocycles. The number of benzene rings is 3. The van der Waals surface area contributed by atoms with Gasteiger partial charge in [0.1, 0.15) is 11.6 Å². The lowest BCUT2D eigenvalue weighted by Crippen LogP contribution is -2.20. The van der Waals surface area contributed by atoms with E-state index in [1.165, 1.54) is 7.05 Å². The number of anilines is 4. The van der Waals surface area contributed by atoms with Gasteiger partial charge in [-0.15, -0.1) is 0 Å². The third-order valence-corrected chi connectivity index (χ3v) is 6.15. The number of nitrogens with zero attached hydrogens (tertiary/aromatic N) is 2. The number of hydrogen-bond donors (Lipinski definition) is 3. The summed E-state index contributed by atoms with van der Waals surface area (Å²) in [6.07, 6.45) is 0. The molecule has 0 bridgehead atoms. The maximum absolute atomic E-state index is 11.7. The van der Waals surface area contributed by atoms with E-state index in [0.29, 0.717) is 23.1 Å². The van der Waals surface area contributed by atoms with E-state index in [1.54, 1.807) is 31.4 Å². The van der Waals surface area contributed by atoms with Crippen molar-refractivity contribution < 1.29 is 13.2 Å². The van der Waals surface area contributed by atoms with E-state index in [9.17, 15) is 8.42 Å². The van der Waals surface area contributed by atoms with Crippen LogP contribution in [0.3, 0.4) is 0 Å². The van der Waals surface area contributed by atoms with Gasteiger partial charge in [0.25, 0.3) is 0 Å². The molecule has 1 heterocycles. The van der Waals surface area contributed by atoms with E-state index < -0.39 is 10.0 Å². The Bertz CT molecular complexity index is 1330. The van der Waals surface area contributed by atoms with Crippen LogP contribution in [-0.4, -0.2) is 32.5 Å². The molecule has 0 spiro atoms. The Balaban J connectivity index is 1.66. The highest BCUT2D eigenvalue weighted by atomic mass is 32.2. The quantitative estimate of drug-likeness (QED) is 0.371. The van der Waals surface area contributed by atoms with Crippen LogP contribution in [0.4, 0.5) is 23.1 Å². The van der Waals surface area contributed by atoms with Crippen molar-refractivity contribution in [2.75, 3.05) is 24.8 Å². The van der Waals surface area contributed by atoms with E-state index in [-0.39, 0.29) is 5.75 Å². The average Bonchev–Trinajstić information content (AvgIpc) is 2.80. The Labute approximate surface area is 186 Å². The lowest BCUT2D eigenvalue weighted by Gasteiger charge is -2.13. The molecular weight excluding hydrogens is 426 g/mol. The molecule has 0 unspecified atom stereocenters. The summed E-state index contributed by atoms with van der Waals surface area (Å²) in [7, 11) is -0.313. The lowest BCUT2D eigenvalue weighted by atomic mass is 10.2. The maximum atomic E-state index is 11.7. The molecule has 0 amide bonds. The van der Waals surface area contributed by atoms with Gasteiger partial charge in [-0.1, -0.05) is 30.3 Å². The molecule has 32 heavy (non-hydrogen) atoms. The van der Waals surface area contributed by atoms with E-state index in [1.807, 2.05) is 48.5 Å². The van der Waals surface area contributed by atoms with E-state index in [4.69, 9.17) is 4.74 Å². The minimum absolute atomic E-state index is 0.0821. The van der Waals surface area contributed by atoms with Crippen molar-refractivity contribution in [2.24, 2.45) is 0 Å². The first-order chi connectivity index (χ1) is 15.5. The Morgan fingerprint density at radius 1 is 0.875 bits per heavy atom. The summed E-state index contributed by atoms with van der Waals surface area (Å²) in [5.41, 5.74) is 3.05. The van der Waals surface area contributed by atoms with Gasteiger partial charge in [-0.3, -0.25) is 0 Å². The Morgan fingerprint density at radius 2 is 1.59 bits per heavy atom. The zero-order valence-electron chi connectivity index (χ0n) is 17.7. The molecule has 4 rings (SSSR count). The second-order valence-electron chi connectivity index (χ2n) is 7.06. The van der Waals surface area contributed by atoms with Crippen molar-refractivity contribution in [2.45, 2.75) is 5.75 Å². The van der Waals surface area contributed by atoms with Crippen LogP contribution in [0, 0.1) is 0 Å². The van der Waals surface area contributed by atoms with Crippen molar-refractivity contribution in [1.29, 1.82) is 0 Å². The molecule has 1 aromatic heterocycles. The minimum Gasteiger partial charge on any atom is -0.497 e. The summed E-state index contributed by atoms with van der Waals surface area (Å²) in [4.78, 5) is 9.29. The molecule has 0 saturated heterocycles. The summed E-state index contributed by atoms with van der Waals surface area (Å²) in [5.74, 6) is 1.67. The fourth-order valence-electron chi connectivity index (χ4n) is 3.15. The largest absolute Gasteiger partial charge is 0.497 e. The van der Waals surface area contributed by atoms with Crippen LogP contribution in [0.25, 0.3) is 10.9 Å². The van der Waals surface area contributed by atoms with Crippen molar-refractivity contribution in [3.8, 4) is 5.75 Å². The zero-order chi connectivity index (χ0) is 22.6. The molecule has 0 fully saturated rings. The fourth-order valence-corrected chi connectivity index (χ4v) is 3.93. The molecule has 164 valence electrons. The standard InChI is InChI=1S/C23H23N5O3S/c1-24-32(29,30)15-16-8-10-18(11-9-16)26-23-27-21-14-19(31-2)12-13-20(21)22(28-23)25-17-6-4-3-5-7-17/h3-14,24H,15H2,1-2H3,(H2,25,26,27,28). The molecule has 4 aromatic rings. The summed E-state index contributed by atoms with van der Waals surface area (Å²) in [5, 5.41) is 7.40. The van der Waals surface area contributed by atoms with Crippen LogP contribution in [0.15, 0.2) is 72.8 Å². The SMILES string of the molecule is CNS(=O)(=O)Cc1ccc(Nc2nc(Nc3ccccc3)c3ccc(OC)cc3n2)cc1. The van der Waals surface area contributed by atoms with Crippen molar-refractivity contribution in [3.05, 3.63) is 78.4 Å². The first-order valence-electron chi connectivity index (χ1n) is 9.91. The Morgan fingerprint density at radius 3 is 2.28 bits per heavy atom. The number of aromatic nitrogens is 2. The smallest absolute Gasteiger partial charge is 0.229 e. The normalized spacial score (nSPS) is 11.3. The molecule has 3 aromatic carbocycles. The Hall–Kier alpha value is -3.69. The number of sulfonamides is 1. The fraction of sp³-hybridized carbons (Fsp3) is 0.130. The predicted molar refractivity (Wildman–Crippen MR) is 127 cm³/mol. The van der Waals surface area contributed by atoms with Gasteiger partial charge in [0, 0.05) is 22.8 Å². The molecule has 0 radical (unpaired) electrons. The summed E-state index contributed by atoms with van der Waals surface area (Å²) in [6, 6.07) is 22.5. The van der Waals surface area contributed by atoms with Gasteiger partial charge in [-0.2, -0.15) is 4.98 Å². The first kappa shape index (κ1) is 21.5. The third-order valence-electron chi connectivity index (χ3n) is 4.82. The highest BCUT2D eigenvalue weighted by Gasteiger charge is 2.11. The van der Waals surface area contributed by atoms with Gasteiger partial charge < -0.3 is 15.4 Å². The number of fused-ring (bicyclic) bond motifs is 1. The number of rotatable bonds is 8. The number of nitrogens with one attached hydrogen (secondary N) is 3. The first-order valence-corrected chi connectivity index (χ1v) is 11.6. The molecule has 8 nitrogen and oxygen atoms in total. The summed E-state index contributed by atoms with van der Waals surface area (Å²) in [6.45, 7) is 0. The molecule has 9 heteroatoms. The van der Waals surface area contributed by atoms with Gasteiger partial charge in [0.05, 0.1) is 18.4 Å². The topological polar surface area (TPSA) is 105 Å². The second kappa shape index (κ2) is 9.21. The summed E-state index contributed by atoms with van der Waals surface area (Å²) < 4.78 is 31.2. The van der Waals surface area contributed by atoms with Crippen molar-refractivity contribution >= 4 is 44.1 Å². The van der Waals surface area contributed by atoms with Gasteiger partial charge in [-0.25, -0.2) is 18.1 Å². The summed E-state index contributed by atoms with van der Waals surface area (Å²) >= 11 is 0.